The number of aliphatic hydroxyl groups is 1. The van der Waals surface area contributed by atoms with Gasteiger partial charge >= 0.3 is 7.12 Å². The molecule has 4 nitrogen and oxygen atoms in total. The van der Waals surface area contributed by atoms with Crippen molar-refractivity contribution in [1.29, 1.82) is 0 Å². The number of likely N-dealkylation sites (tertiary alicyclic amines) is 1. The SMILES string of the molecule is CC(C)(O)C(C)(C)OB(O)c1cc(CN2CCCCC2)ccc1Cl. The standard InChI is InChI=1S/C18H29BClNO3/c1-17(2,22)18(3,4)24-19(23)15-12-14(8-9-16(15)20)13-21-10-6-5-7-11-21/h8-9,12,22-23H,5-7,10-11,13H2,1-4H3. The van der Waals surface area contributed by atoms with Gasteiger partial charge < -0.3 is 14.8 Å². The number of hydrogen-bond acceptors (Lipinski definition) is 4. The molecule has 6 heteroatoms. The van der Waals surface area contributed by atoms with E-state index in [1.54, 1.807) is 33.8 Å². The molecule has 0 bridgehead atoms. The van der Waals surface area contributed by atoms with Gasteiger partial charge in [0.25, 0.3) is 0 Å². The van der Waals surface area contributed by atoms with Gasteiger partial charge in [0.2, 0.25) is 0 Å². The van der Waals surface area contributed by atoms with Crippen LogP contribution in [0.25, 0.3) is 0 Å². The Morgan fingerprint density at radius 2 is 1.79 bits per heavy atom. The highest BCUT2D eigenvalue weighted by Gasteiger charge is 2.40. The smallest absolute Gasteiger partial charge is 0.423 e. The Morgan fingerprint density at radius 3 is 2.38 bits per heavy atom. The van der Waals surface area contributed by atoms with Crippen LogP contribution in [0.5, 0.6) is 0 Å². The minimum atomic E-state index is -1.18. The average molecular weight is 354 g/mol. The molecule has 0 radical (unpaired) electrons. The van der Waals surface area contributed by atoms with Crippen LogP contribution in [0.15, 0.2) is 18.2 Å². The molecule has 0 unspecified atom stereocenters. The molecule has 134 valence electrons. The third-order valence-electron chi connectivity index (χ3n) is 5.06. The molecule has 0 aromatic heterocycles. The van der Waals surface area contributed by atoms with Crippen LogP contribution < -0.4 is 5.46 Å². The van der Waals surface area contributed by atoms with Crippen molar-refractivity contribution < 1.29 is 14.8 Å². The first-order valence-corrected chi connectivity index (χ1v) is 9.07. The third-order valence-corrected chi connectivity index (χ3v) is 5.41. The van der Waals surface area contributed by atoms with Gasteiger partial charge in [-0.2, -0.15) is 0 Å². The molecule has 1 aromatic rings. The van der Waals surface area contributed by atoms with Crippen molar-refractivity contribution >= 4 is 24.2 Å². The second-order valence-corrected chi connectivity index (χ2v) is 8.14. The molecule has 1 aliphatic rings. The van der Waals surface area contributed by atoms with E-state index in [1.807, 2.05) is 12.1 Å². The molecule has 1 fully saturated rings. The van der Waals surface area contributed by atoms with Crippen LogP contribution in [0, 0.1) is 0 Å². The molecule has 0 spiro atoms. The van der Waals surface area contributed by atoms with E-state index >= 15 is 0 Å². The lowest BCUT2D eigenvalue weighted by Gasteiger charge is -2.38. The van der Waals surface area contributed by atoms with Gasteiger partial charge in [0.15, 0.2) is 0 Å². The number of halogens is 1. The predicted octanol–water partition coefficient (Wildman–Crippen LogP) is 2.58. The van der Waals surface area contributed by atoms with Crippen molar-refractivity contribution in [3.8, 4) is 0 Å². The summed E-state index contributed by atoms with van der Waals surface area (Å²) in [5, 5.41) is 21.2. The fourth-order valence-corrected chi connectivity index (χ4v) is 2.95. The lowest BCUT2D eigenvalue weighted by atomic mass is 9.76. The van der Waals surface area contributed by atoms with Crippen molar-refractivity contribution in [3.05, 3.63) is 28.8 Å². The van der Waals surface area contributed by atoms with Gasteiger partial charge in [-0.25, -0.2) is 0 Å². The van der Waals surface area contributed by atoms with Crippen LogP contribution in [0.1, 0.15) is 52.5 Å². The summed E-state index contributed by atoms with van der Waals surface area (Å²) in [5.41, 5.74) is -0.353. The number of piperidine rings is 1. The zero-order valence-electron chi connectivity index (χ0n) is 15.2. The maximum Gasteiger partial charge on any atom is 0.493 e. The average Bonchev–Trinajstić information content (AvgIpc) is 2.48. The lowest BCUT2D eigenvalue weighted by Crippen LogP contribution is -2.53. The fourth-order valence-electron chi connectivity index (χ4n) is 2.74. The minimum absolute atomic E-state index is 0.469. The molecule has 1 aliphatic heterocycles. The number of nitrogens with zero attached hydrogens (tertiary/aromatic N) is 1. The molecule has 24 heavy (non-hydrogen) atoms. The first-order chi connectivity index (χ1) is 11.1. The molecule has 0 atom stereocenters. The minimum Gasteiger partial charge on any atom is -0.423 e. The van der Waals surface area contributed by atoms with E-state index in [-0.39, 0.29) is 0 Å². The molecule has 0 aliphatic carbocycles. The summed E-state index contributed by atoms with van der Waals surface area (Å²) in [7, 11) is -1.18. The Kier molecular flexibility index (Phi) is 6.37. The molecule has 2 N–H and O–H groups in total. The summed E-state index contributed by atoms with van der Waals surface area (Å²) in [6.07, 6.45) is 3.79. The van der Waals surface area contributed by atoms with Crippen LogP contribution in [-0.2, 0) is 11.2 Å². The van der Waals surface area contributed by atoms with Crippen LogP contribution in [0.3, 0.4) is 0 Å². The van der Waals surface area contributed by atoms with Crippen LogP contribution in [-0.4, -0.2) is 46.4 Å². The second kappa shape index (κ2) is 7.75. The molecular weight excluding hydrogens is 324 g/mol. The first-order valence-electron chi connectivity index (χ1n) is 8.69. The summed E-state index contributed by atoms with van der Waals surface area (Å²) in [5.74, 6) is 0. The van der Waals surface area contributed by atoms with E-state index in [0.29, 0.717) is 10.5 Å². The monoisotopic (exact) mass is 353 g/mol. The van der Waals surface area contributed by atoms with E-state index in [2.05, 4.69) is 4.90 Å². The van der Waals surface area contributed by atoms with Crippen molar-refractivity contribution in [3.63, 3.8) is 0 Å². The molecule has 1 heterocycles. The lowest BCUT2D eigenvalue weighted by molar-refractivity contribution is -0.0982. The highest BCUT2D eigenvalue weighted by Crippen LogP contribution is 2.26. The van der Waals surface area contributed by atoms with Gasteiger partial charge in [-0.3, -0.25) is 4.90 Å². The van der Waals surface area contributed by atoms with Gasteiger partial charge in [-0.1, -0.05) is 30.2 Å². The highest BCUT2D eigenvalue weighted by atomic mass is 35.5. The van der Waals surface area contributed by atoms with Crippen LogP contribution in [0.4, 0.5) is 0 Å². The van der Waals surface area contributed by atoms with Gasteiger partial charge in [0.1, 0.15) is 0 Å². The summed E-state index contributed by atoms with van der Waals surface area (Å²) in [6, 6.07) is 5.70. The quantitative estimate of drug-likeness (QED) is 0.772. The van der Waals surface area contributed by atoms with E-state index in [0.717, 1.165) is 25.2 Å². The summed E-state index contributed by atoms with van der Waals surface area (Å²) < 4.78 is 5.72. The molecule has 2 rings (SSSR count). The van der Waals surface area contributed by atoms with Crippen LogP contribution >= 0.6 is 11.6 Å². The Bertz CT molecular complexity index is 554. The predicted molar refractivity (Wildman–Crippen MR) is 99.6 cm³/mol. The first kappa shape index (κ1) is 19.7. The maximum atomic E-state index is 10.5. The number of benzene rings is 1. The number of rotatable bonds is 6. The van der Waals surface area contributed by atoms with Gasteiger partial charge in [-0.15, -0.1) is 0 Å². The summed E-state index contributed by atoms with van der Waals surface area (Å²) in [6.45, 7) is 9.91. The normalized spacial score (nSPS) is 17.1. The third kappa shape index (κ3) is 4.96. The molecule has 0 amide bonds. The highest BCUT2D eigenvalue weighted by molar-refractivity contribution is 6.64. The molecule has 1 saturated heterocycles. The van der Waals surface area contributed by atoms with Crippen molar-refractivity contribution in [2.75, 3.05) is 13.1 Å². The zero-order chi connectivity index (χ0) is 18.0. The van der Waals surface area contributed by atoms with Crippen LogP contribution in [0.2, 0.25) is 5.02 Å². The van der Waals surface area contributed by atoms with E-state index in [9.17, 15) is 10.1 Å². The maximum absolute atomic E-state index is 10.5. The topological polar surface area (TPSA) is 52.9 Å². The van der Waals surface area contributed by atoms with Crippen molar-refractivity contribution in [2.24, 2.45) is 0 Å². The zero-order valence-corrected chi connectivity index (χ0v) is 15.9. The summed E-state index contributed by atoms with van der Waals surface area (Å²) in [4.78, 5) is 2.42. The fraction of sp³-hybridized carbons (Fsp3) is 0.667. The van der Waals surface area contributed by atoms with E-state index in [4.69, 9.17) is 16.3 Å². The Hall–Kier alpha value is -0.585. The Morgan fingerprint density at radius 1 is 1.17 bits per heavy atom. The summed E-state index contributed by atoms with van der Waals surface area (Å²) >= 11 is 6.26. The second-order valence-electron chi connectivity index (χ2n) is 7.73. The molecular formula is C18H29BClNO3. The van der Waals surface area contributed by atoms with Gasteiger partial charge in [0.05, 0.1) is 11.2 Å². The van der Waals surface area contributed by atoms with E-state index < -0.39 is 18.3 Å². The van der Waals surface area contributed by atoms with Gasteiger partial charge in [-0.05, 0) is 65.3 Å². The van der Waals surface area contributed by atoms with Crippen molar-refractivity contribution in [1.82, 2.24) is 4.90 Å². The molecule has 1 aromatic carbocycles. The van der Waals surface area contributed by atoms with E-state index in [1.165, 1.54) is 19.3 Å². The Labute approximate surface area is 150 Å². The molecule has 0 saturated carbocycles. The van der Waals surface area contributed by atoms with Crippen molar-refractivity contribution in [2.45, 2.75) is 64.7 Å². The van der Waals surface area contributed by atoms with Gasteiger partial charge in [0, 0.05) is 17.0 Å². The number of hydrogen-bond donors (Lipinski definition) is 2. The largest absolute Gasteiger partial charge is 0.493 e. The Balaban J connectivity index is 2.12.